The maximum atomic E-state index is 13.3. The fourth-order valence-corrected chi connectivity index (χ4v) is 2.73. The first-order valence-electron chi connectivity index (χ1n) is 7.49. The first-order chi connectivity index (χ1) is 9.60. The van der Waals surface area contributed by atoms with Crippen LogP contribution in [0.3, 0.4) is 0 Å². The Morgan fingerprint density at radius 2 is 2.15 bits per heavy atom. The van der Waals surface area contributed by atoms with E-state index in [1.54, 1.807) is 6.07 Å². The zero-order valence-electron chi connectivity index (χ0n) is 12.3. The van der Waals surface area contributed by atoms with Gasteiger partial charge in [0.25, 0.3) is 0 Å². The first-order valence-corrected chi connectivity index (χ1v) is 7.49. The minimum absolute atomic E-state index is 0.479. The molecule has 2 rings (SSSR count). The van der Waals surface area contributed by atoms with Crippen LogP contribution in [0.25, 0.3) is 0 Å². The molecule has 4 heteroatoms. The smallest absolute Gasteiger partial charge is 0.159 e. The van der Waals surface area contributed by atoms with Gasteiger partial charge in [0.1, 0.15) is 0 Å². The summed E-state index contributed by atoms with van der Waals surface area (Å²) in [5.41, 5.74) is 0.841. The van der Waals surface area contributed by atoms with Crippen LogP contribution in [-0.4, -0.2) is 30.6 Å². The third-order valence-corrected chi connectivity index (χ3v) is 4.23. The molecule has 2 unspecified atom stereocenters. The van der Waals surface area contributed by atoms with Gasteiger partial charge in [-0.25, -0.2) is 8.78 Å². The average molecular weight is 282 g/mol. The molecule has 0 amide bonds. The topological polar surface area (TPSA) is 15.3 Å². The van der Waals surface area contributed by atoms with Crippen molar-refractivity contribution in [1.29, 1.82) is 0 Å². The molecule has 1 aromatic rings. The van der Waals surface area contributed by atoms with Crippen LogP contribution in [0.15, 0.2) is 18.2 Å². The average Bonchev–Trinajstić information content (AvgIpc) is 2.67. The summed E-state index contributed by atoms with van der Waals surface area (Å²) in [6.45, 7) is 8.15. The van der Waals surface area contributed by atoms with Crippen LogP contribution in [0.2, 0.25) is 0 Å². The predicted molar refractivity (Wildman–Crippen MR) is 77.5 cm³/mol. The maximum Gasteiger partial charge on any atom is 0.159 e. The highest BCUT2D eigenvalue weighted by atomic mass is 19.2. The van der Waals surface area contributed by atoms with E-state index in [9.17, 15) is 8.78 Å². The second-order valence-corrected chi connectivity index (χ2v) is 5.78. The van der Waals surface area contributed by atoms with E-state index in [1.807, 2.05) is 0 Å². The molecular formula is C16H24F2N2. The van der Waals surface area contributed by atoms with Crippen molar-refractivity contribution < 1.29 is 8.78 Å². The molecular weight excluding hydrogens is 258 g/mol. The highest BCUT2D eigenvalue weighted by Gasteiger charge is 2.21. The summed E-state index contributed by atoms with van der Waals surface area (Å²) in [4.78, 5) is 2.34. The Morgan fingerprint density at radius 1 is 1.35 bits per heavy atom. The van der Waals surface area contributed by atoms with E-state index in [1.165, 1.54) is 12.1 Å². The summed E-state index contributed by atoms with van der Waals surface area (Å²) < 4.78 is 26.2. The Bertz CT molecular complexity index is 436. The molecule has 112 valence electrons. The SMILES string of the molecule is CCC(C)C1CN(Cc2ccc(F)c(F)c2)CCCN1. The standard InChI is InChI=1S/C16H24F2N2/c1-3-12(2)16-11-20(8-4-7-19-16)10-13-5-6-14(17)15(18)9-13/h5-6,9,12,16,19H,3-4,7-8,10-11H2,1-2H3. The van der Waals surface area contributed by atoms with Crippen molar-refractivity contribution in [2.45, 2.75) is 39.3 Å². The van der Waals surface area contributed by atoms with Gasteiger partial charge in [-0.05, 0) is 43.1 Å². The molecule has 2 atom stereocenters. The summed E-state index contributed by atoms with van der Waals surface area (Å²) in [5, 5.41) is 3.59. The van der Waals surface area contributed by atoms with Crippen LogP contribution in [0, 0.1) is 17.6 Å². The van der Waals surface area contributed by atoms with Crippen LogP contribution < -0.4 is 5.32 Å². The van der Waals surface area contributed by atoms with Gasteiger partial charge in [-0.15, -0.1) is 0 Å². The number of halogens is 2. The van der Waals surface area contributed by atoms with E-state index in [2.05, 4.69) is 24.1 Å². The van der Waals surface area contributed by atoms with E-state index in [0.717, 1.165) is 38.0 Å². The molecule has 20 heavy (non-hydrogen) atoms. The number of hydrogen-bond donors (Lipinski definition) is 1. The summed E-state index contributed by atoms with van der Waals surface area (Å²) in [5.74, 6) is -0.904. The van der Waals surface area contributed by atoms with Crippen LogP contribution in [-0.2, 0) is 6.54 Å². The largest absolute Gasteiger partial charge is 0.312 e. The van der Waals surface area contributed by atoms with Gasteiger partial charge in [0.05, 0.1) is 0 Å². The normalized spacial score (nSPS) is 22.5. The Morgan fingerprint density at radius 3 is 2.85 bits per heavy atom. The molecule has 1 fully saturated rings. The minimum Gasteiger partial charge on any atom is -0.312 e. The maximum absolute atomic E-state index is 13.3. The zero-order chi connectivity index (χ0) is 14.5. The Labute approximate surface area is 120 Å². The van der Waals surface area contributed by atoms with E-state index >= 15 is 0 Å². The van der Waals surface area contributed by atoms with Gasteiger partial charge in [0.2, 0.25) is 0 Å². The quantitative estimate of drug-likeness (QED) is 0.912. The van der Waals surface area contributed by atoms with E-state index in [4.69, 9.17) is 0 Å². The van der Waals surface area contributed by atoms with Crippen molar-refractivity contribution in [1.82, 2.24) is 10.2 Å². The van der Waals surface area contributed by atoms with Crippen molar-refractivity contribution in [2.75, 3.05) is 19.6 Å². The number of benzene rings is 1. The van der Waals surface area contributed by atoms with Crippen LogP contribution >= 0.6 is 0 Å². The molecule has 0 spiro atoms. The van der Waals surface area contributed by atoms with Crippen LogP contribution in [0.5, 0.6) is 0 Å². The lowest BCUT2D eigenvalue weighted by Gasteiger charge is -2.28. The minimum atomic E-state index is -0.774. The van der Waals surface area contributed by atoms with Crippen molar-refractivity contribution in [3.05, 3.63) is 35.4 Å². The van der Waals surface area contributed by atoms with Crippen LogP contribution in [0.1, 0.15) is 32.3 Å². The molecule has 1 aliphatic heterocycles. The molecule has 0 bridgehead atoms. The molecule has 1 aliphatic rings. The number of rotatable bonds is 4. The van der Waals surface area contributed by atoms with Crippen molar-refractivity contribution in [2.24, 2.45) is 5.92 Å². The van der Waals surface area contributed by atoms with Crippen molar-refractivity contribution >= 4 is 0 Å². The summed E-state index contributed by atoms with van der Waals surface area (Å²) in [7, 11) is 0. The van der Waals surface area contributed by atoms with E-state index < -0.39 is 11.6 Å². The molecule has 0 aromatic heterocycles. The number of hydrogen-bond acceptors (Lipinski definition) is 2. The van der Waals surface area contributed by atoms with Crippen molar-refractivity contribution in [3.63, 3.8) is 0 Å². The Kier molecular flexibility index (Phi) is 5.49. The molecule has 0 aliphatic carbocycles. The molecule has 1 N–H and O–H groups in total. The van der Waals surface area contributed by atoms with E-state index in [0.29, 0.717) is 18.5 Å². The van der Waals surface area contributed by atoms with Gasteiger partial charge in [-0.3, -0.25) is 4.90 Å². The van der Waals surface area contributed by atoms with Gasteiger partial charge < -0.3 is 5.32 Å². The van der Waals surface area contributed by atoms with Gasteiger partial charge in [0, 0.05) is 19.1 Å². The fourth-order valence-electron chi connectivity index (χ4n) is 2.73. The lowest BCUT2D eigenvalue weighted by molar-refractivity contribution is 0.231. The second kappa shape index (κ2) is 7.14. The first kappa shape index (κ1) is 15.4. The highest BCUT2D eigenvalue weighted by molar-refractivity contribution is 5.17. The highest BCUT2D eigenvalue weighted by Crippen LogP contribution is 2.16. The van der Waals surface area contributed by atoms with Crippen LogP contribution in [0.4, 0.5) is 8.78 Å². The number of nitrogens with zero attached hydrogens (tertiary/aromatic N) is 1. The summed E-state index contributed by atoms with van der Waals surface area (Å²) in [6, 6.07) is 4.68. The van der Waals surface area contributed by atoms with Gasteiger partial charge in [0.15, 0.2) is 11.6 Å². The lowest BCUT2D eigenvalue weighted by atomic mass is 9.99. The van der Waals surface area contributed by atoms with Gasteiger partial charge >= 0.3 is 0 Å². The van der Waals surface area contributed by atoms with Crippen molar-refractivity contribution in [3.8, 4) is 0 Å². The van der Waals surface area contributed by atoms with Gasteiger partial charge in [-0.2, -0.15) is 0 Å². The molecule has 1 aromatic carbocycles. The monoisotopic (exact) mass is 282 g/mol. The summed E-state index contributed by atoms with van der Waals surface area (Å²) >= 11 is 0. The Balaban J connectivity index is 2.01. The lowest BCUT2D eigenvalue weighted by Crippen LogP contribution is -2.41. The second-order valence-electron chi connectivity index (χ2n) is 5.78. The zero-order valence-corrected chi connectivity index (χ0v) is 12.3. The molecule has 1 saturated heterocycles. The number of nitrogens with one attached hydrogen (secondary N) is 1. The third kappa shape index (κ3) is 4.00. The molecule has 1 heterocycles. The fraction of sp³-hybridized carbons (Fsp3) is 0.625. The summed E-state index contributed by atoms with van der Waals surface area (Å²) in [6.07, 6.45) is 2.24. The molecule has 0 radical (unpaired) electrons. The molecule has 2 nitrogen and oxygen atoms in total. The van der Waals surface area contributed by atoms with Gasteiger partial charge in [-0.1, -0.05) is 26.3 Å². The third-order valence-electron chi connectivity index (χ3n) is 4.23. The Hall–Kier alpha value is -1.00. The van der Waals surface area contributed by atoms with E-state index in [-0.39, 0.29) is 0 Å². The molecule has 0 saturated carbocycles. The predicted octanol–water partition coefficient (Wildman–Crippen LogP) is 3.17.